The van der Waals surface area contributed by atoms with Gasteiger partial charge in [-0.3, -0.25) is 4.79 Å². The third-order valence-electron chi connectivity index (χ3n) is 2.94. The van der Waals surface area contributed by atoms with Crippen LogP contribution in [0.5, 0.6) is 0 Å². The first-order chi connectivity index (χ1) is 7.15. The quantitative estimate of drug-likeness (QED) is 0.768. The monoisotopic (exact) mass is 209 g/mol. The van der Waals surface area contributed by atoms with Crippen LogP contribution in [0, 0.1) is 5.82 Å². The fourth-order valence-corrected chi connectivity index (χ4v) is 2.03. The van der Waals surface area contributed by atoms with Crippen LogP contribution in [0.3, 0.4) is 0 Å². The van der Waals surface area contributed by atoms with Gasteiger partial charge in [0.25, 0.3) is 0 Å². The third-order valence-corrected chi connectivity index (χ3v) is 2.94. The summed E-state index contributed by atoms with van der Waals surface area (Å²) >= 11 is 0. The molecule has 1 fully saturated rings. The highest BCUT2D eigenvalue weighted by Gasteiger charge is 2.43. The van der Waals surface area contributed by atoms with E-state index in [2.05, 4.69) is 5.32 Å². The molecule has 1 aliphatic heterocycles. The van der Waals surface area contributed by atoms with Crippen LogP contribution in [0.2, 0.25) is 0 Å². The molecule has 1 aromatic carbocycles. The Balaban J connectivity index is 2.45. The number of halogens is 1. The van der Waals surface area contributed by atoms with Gasteiger partial charge >= 0.3 is 5.97 Å². The molecular weight excluding hydrogens is 197 g/mol. The van der Waals surface area contributed by atoms with Gasteiger partial charge in [-0.05, 0) is 30.7 Å². The van der Waals surface area contributed by atoms with E-state index in [-0.39, 0.29) is 5.82 Å². The summed E-state index contributed by atoms with van der Waals surface area (Å²) in [6.07, 6.45) is 0.506. The highest BCUT2D eigenvalue weighted by molar-refractivity contribution is 5.82. The Morgan fingerprint density at radius 1 is 1.53 bits per heavy atom. The zero-order chi connectivity index (χ0) is 10.9. The number of aliphatic carboxylic acids is 1. The second-order valence-corrected chi connectivity index (χ2v) is 3.82. The zero-order valence-corrected chi connectivity index (χ0v) is 8.16. The second-order valence-electron chi connectivity index (χ2n) is 3.82. The maximum absolute atomic E-state index is 13.0. The Hall–Kier alpha value is -1.42. The Morgan fingerprint density at radius 3 is 2.87 bits per heavy atom. The molecule has 1 aliphatic rings. The minimum Gasteiger partial charge on any atom is -0.481 e. The van der Waals surface area contributed by atoms with Crippen molar-refractivity contribution < 1.29 is 14.3 Å². The van der Waals surface area contributed by atoms with E-state index in [0.29, 0.717) is 25.1 Å². The van der Waals surface area contributed by atoms with Gasteiger partial charge in [-0.25, -0.2) is 4.39 Å². The molecule has 0 aromatic heterocycles. The smallest absolute Gasteiger partial charge is 0.315 e. The van der Waals surface area contributed by atoms with Gasteiger partial charge in [-0.2, -0.15) is 0 Å². The second kappa shape index (κ2) is 3.62. The average molecular weight is 209 g/mol. The van der Waals surface area contributed by atoms with Crippen LogP contribution in [-0.4, -0.2) is 24.2 Å². The van der Waals surface area contributed by atoms with Crippen LogP contribution in [0.1, 0.15) is 12.0 Å². The average Bonchev–Trinajstić information content (AvgIpc) is 2.67. The Morgan fingerprint density at radius 2 is 2.33 bits per heavy atom. The summed E-state index contributed by atoms with van der Waals surface area (Å²) in [5.41, 5.74) is -0.415. The van der Waals surface area contributed by atoms with Crippen molar-refractivity contribution in [3.05, 3.63) is 35.6 Å². The molecule has 0 amide bonds. The van der Waals surface area contributed by atoms with Crippen molar-refractivity contribution in [2.24, 2.45) is 0 Å². The first-order valence-electron chi connectivity index (χ1n) is 4.85. The SMILES string of the molecule is O=C(O)C1(c2cccc(F)c2)CCNC1. The van der Waals surface area contributed by atoms with Crippen molar-refractivity contribution in [2.45, 2.75) is 11.8 Å². The maximum atomic E-state index is 13.0. The van der Waals surface area contributed by atoms with Gasteiger partial charge in [0.15, 0.2) is 0 Å². The first-order valence-corrected chi connectivity index (χ1v) is 4.85. The Bertz CT molecular complexity index is 386. The molecule has 0 radical (unpaired) electrons. The van der Waals surface area contributed by atoms with Crippen LogP contribution in [0.15, 0.2) is 24.3 Å². The molecule has 2 N–H and O–H groups in total. The number of carboxylic acid groups (broad SMARTS) is 1. The third kappa shape index (κ3) is 1.61. The number of rotatable bonds is 2. The van der Waals surface area contributed by atoms with Gasteiger partial charge in [-0.15, -0.1) is 0 Å². The molecule has 1 atom stereocenters. The predicted molar refractivity (Wildman–Crippen MR) is 53.2 cm³/mol. The van der Waals surface area contributed by atoms with Crippen LogP contribution in [-0.2, 0) is 10.2 Å². The van der Waals surface area contributed by atoms with E-state index in [1.54, 1.807) is 12.1 Å². The van der Waals surface area contributed by atoms with E-state index in [4.69, 9.17) is 0 Å². The zero-order valence-electron chi connectivity index (χ0n) is 8.16. The number of carbonyl (C=O) groups is 1. The van der Waals surface area contributed by atoms with E-state index in [9.17, 15) is 14.3 Å². The highest BCUT2D eigenvalue weighted by Crippen LogP contribution is 2.31. The Labute approximate surface area is 86.9 Å². The predicted octanol–water partition coefficient (Wildman–Crippen LogP) is 1.14. The van der Waals surface area contributed by atoms with Crippen molar-refractivity contribution in [1.29, 1.82) is 0 Å². The molecule has 2 rings (SSSR count). The number of carboxylic acids is 1. The molecule has 1 unspecified atom stereocenters. The number of nitrogens with one attached hydrogen (secondary N) is 1. The summed E-state index contributed by atoms with van der Waals surface area (Å²) in [6.45, 7) is 1.02. The summed E-state index contributed by atoms with van der Waals surface area (Å²) < 4.78 is 13.0. The fourth-order valence-electron chi connectivity index (χ4n) is 2.03. The molecule has 0 aliphatic carbocycles. The van der Waals surface area contributed by atoms with Gasteiger partial charge in [0, 0.05) is 6.54 Å². The van der Waals surface area contributed by atoms with Crippen molar-refractivity contribution in [1.82, 2.24) is 5.32 Å². The minimum atomic E-state index is -0.956. The summed E-state index contributed by atoms with van der Waals surface area (Å²) in [6, 6.07) is 5.85. The van der Waals surface area contributed by atoms with Gasteiger partial charge in [-0.1, -0.05) is 12.1 Å². The molecule has 1 aromatic rings. The van der Waals surface area contributed by atoms with Crippen LogP contribution in [0.4, 0.5) is 4.39 Å². The van der Waals surface area contributed by atoms with Gasteiger partial charge < -0.3 is 10.4 Å². The van der Waals surface area contributed by atoms with E-state index < -0.39 is 11.4 Å². The minimum absolute atomic E-state index is 0.367. The van der Waals surface area contributed by atoms with Crippen molar-refractivity contribution >= 4 is 5.97 Å². The van der Waals surface area contributed by atoms with E-state index in [0.717, 1.165) is 0 Å². The molecule has 1 saturated heterocycles. The topological polar surface area (TPSA) is 49.3 Å². The maximum Gasteiger partial charge on any atom is 0.315 e. The van der Waals surface area contributed by atoms with Gasteiger partial charge in [0.2, 0.25) is 0 Å². The molecule has 3 nitrogen and oxygen atoms in total. The van der Waals surface area contributed by atoms with E-state index >= 15 is 0 Å². The van der Waals surface area contributed by atoms with Crippen molar-refractivity contribution in [2.75, 3.05) is 13.1 Å². The first kappa shape index (κ1) is 10.1. The summed E-state index contributed by atoms with van der Waals surface area (Å²) in [5.74, 6) is -1.28. The van der Waals surface area contributed by atoms with Crippen molar-refractivity contribution in [3.8, 4) is 0 Å². The van der Waals surface area contributed by atoms with Crippen LogP contribution >= 0.6 is 0 Å². The summed E-state index contributed by atoms with van der Waals surface area (Å²) in [5, 5.41) is 12.3. The standard InChI is InChI=1S/C11H12FNO2/c12-9-3-1-2-8(6-9)11(10(14)15)4-5-13-7-11/h1-3,6,13H,4-5,7H2,(H,14,15). The lowest BCUT2D eigenvalue weighted by Crippen LogP contribution is -2.37. The van der Waals surface area contributed by atoms with Crippen molar-refractivity contribution in [3.63, 3.8) is 0 Å². The molecule has 80 valence electrons. The fraction of sp³-hybridized carbons (Fsp3) is 0.364. The molecular formula is C11H12FNO2. The lowest BCUT2D eigenvalue weighted by atomic mass is 9.80. The molecule has 0 spiro atoms. The number of hydrogen-bond acceptors (Lipinski definition) is 2. The number of hydrogen-bond donors (Lipinski definition) is 2. The summed E-state index contributed by atoms with van der Waals surface area (Å²) in [7, 11) is 0. The molecule has 0 saturated carbocycles. The van der Waals surface area contributed by atoms with E-state index in [1.165, 1.54) is 12.1 Å². The molecule has 4 heteroatoms. The normalized spacial score (nSPS) is 25.4. The van der Waals surface area contributed by atoms with Gasteiger partial charge in [0.1, 0.15) is 11.2 Å². The molecule has 15 heavy (non-hydrogen) atoms. The Kier molecular flexibility index (Phi) is 2.44. The summed E-state index contributed by atoms with van der Waals surface area (Å²) in [4.78, 5) is 11.3. The highest BCUT2D eigenvalue weighted by atomic mass is 19.1. The van der Waals surface area contributed by atoms with Crippen LogP contribution < -0.4 is 5.32 Å². The molecule has 1 heterocycles. The van der Waals surface area contributed by atoms with Crippen LogP contribution in [0.25, 0.3) is 0 Å². The largest absolute Gasteiger partial charge is 0.481 e. The number of benzene rings is 1. The lowest BCUT2D eigenvalue weighted by molar-refractivity contribution is -0.143. The lowest BCUT2D eigenvalue weighted by Gasteiger charge is -2.23. The van der Waals surface area contributed by atoms with E-state index in [1.807, 2.05) is 0 Å². The van der Waals surface area contributed by atoms with Gasteiger partial charge in [0.05, 0.1) is 0 Å². The molecule has 0 bridgehead atoms.